The highest BCUT2D eigenvalue weighted by Crippen LogP contribution is 2.10. The Balaban J connectivity index is 1.64. The van der Waals surface area contributed by atoms with Crippen molar-refractivity contribution < 1.29 is 9.59 Å². The Morgan fingerprint density at radius 3 is 2.35 bits per heavy atom. The molecule has 0 radical (unpaired) electrons. The van der Waals surface area contributed by atoms with Gasteiger partial charge in [-0.15, -0.1) is 0 Å². The van der Waals surface area contributed by atoms with Crippen molar-refractivity contribution in [3.05, 3.63) is 70.7 Å². The fraction of sp³-hybridized carbons (Fsp3) is 0.222. The number of carbonyl (C=O) groups is 2. The third-order valence-corrected chi connectivity index (χ3v) is 3.51. The monoisotopic (exact) mass is 330 g/mol. The average Bonchev–Trinajstić information content (AvgIpc) is 2.54. The Kier molecular flexibility index (Phi) is 6.63. The molecule has 0 saturated carbocycles. The van der Waals surface area contributed by atoms with E-state index < -0.39 is 0 Å². The molecule has 0 aliphatic carbocycles. The lowest BCUT2D eigenvalue weighted by molar-refractivity contribution is -0.125. The minimum Gasteiger partial charge on any atom is -0.354 e. The zero-order valence-corrected chi connectivity index (χ0v) is 13.5. The predicted molar refractivity (Wildman–Crippen MR) is 91.3 cm³/mol. The highest BCUT2D eigenvalue weighted by molar-refractivity contribution is 6.30. The van der Waals surface area contributed by atoms with E-state index in [1.807, 2.05) is 54.6 Å². The summed E-state index contributed by atoms with van der Waals surface area (Å²) in [5, 5.41) is 6.07. The Hall–Kier alpha value is -2.33. The van der Waals surface area contributed by atoms with Crippen LogP contribution in [-0.4, -0.2) is 24.9 Å². The minimum absolute atomic E-state index is 0.0127. The van der Waals surface area contributed by atoms with Gasteiger partial charge in [0.15, 0.2) is 0 Å². The molecule has 5 heteroatoms. The van der Waals surface area contributed by atoms with Gasteiger partial charge in [0.2, 0.25) is 11.8 Å². The second-order valence-corrected chi connectivity index (χ2v) is 5.61. The quantitative estimate of drug-likeness (QED) is 0.818. The molecule has 0 aromatic heterocycles. The molecule has 0 atom stereocenters. The van der Waals surface area contributed by atoms with E-state index in [-0.39, 0.29) is 24.8 Å². The van der Waals surface area contributed by atoms with Gasteiger partial charge in [-0.05, 0) is 29.7 Å². The molecule has 0 unspecified atom stereocenters. The topological polar surface area (TPSA) is 58.2 Å². The Morgan fingerprint density at radius 1 is 0.870 bits per heavy atom. The molecule has 0 fully saturated rings. The highest BCUT2D eigenvalue weighted by atomic mass is 35.5. The summed E-state index contributed by atoms with van der Waals surface area (Å²) in [6.45, 7) is 0.495. The Morgan fingerprint density at radius 2 is 1.61 bits per heavy atom. The van der Waals surface area contributed by atoms with Crippen molar-refractivity contribution in [2.45, 2.75) is 12.8 Å². The summed E-state index contributed by atoms with van der Waals surface area (Å²) < 4.78 is 0. The molecule has 0 bridgehead atoms. The van der Waals surface area contributed by atoms with Gasteiger partial charge in [-0.2, -0.15) is 0 Å². The summed E-state index contributed by atoms with van der Waals surface area (Å²) in [5.41, 5.74) is 1.98. The first-order valence-corrected chi connectivity index (χ1v) is 7.83. The molecular formula is C18H19ClN2O2. The van der Waals surface area contributed by atoms with Crippen molar-refractivity contribution in [1.29, 1.82) is 0 Å². The van der Waals surface area contributed by atoms with Gasteiger partial charge in [-0.25, -0.2) is 0 Å². The van der Waals surface area contributed by atoms with E-state index in [9.17, 15) is 9.59 Å². The summed E-state index contributed by atoms with van der Waals surface area (Å²) in [6.07, 6.45) is 0.973. The molecule has 2 aromatic carbocycles. The molecule has 120 valence electrons. The van der Waals surface area contributed by atoms with E-state index in [1.165, 1.54) is 0 Å². The number of hydrogen-bond donors (Lipinski definition) is 2. The molecule has 0 aliphatic rings. The number of benzene rings is 2. The van der Waals surface area contributed by atoms with Crippen LogP contribution >= 0.6 is 11.6 Å². The maximum absolute atomic E-state index is 11.7. The second-order valence-electron chi connectivity index (χ2n) is 5.17. The summed E-state index contributed by atoms with van der Waals surface area (Å²) in [7, 11) is 0. The SMILES string of the molecule is O=C(CNC(=O)Cc1ccccc1)NCCc1cccc(Cl)c1. The smallest absolute Gasteiger partial charge is 0.239 e. The molecular weight excluding hydrogens is 312 g/mol. The molecule has 0 heterocycles. The number of rotatable bonds is 7. The second kappa shape index (κ2) is 8.96. The maximum Gasteiger partial charge on any atom is 0.239 e. The lowest BCUT2D eigenvalue weighted by Crippen LogP contribution is -2.38. The van der Waals surface area contributed by atoms with E-state index in [0.717, 1.165) is 11.1 Å². The van der Waals surface area contributed by atoms with Crippen LogP contribution in [0.15, 0.2) is 54.6 Å². The standard InChI is InChI=1S/C18H19ClN2O2/c19-16-8-4-7-15(11-16)9-10-20-18(23)13-21-17(22)12-14-5-2-1-3-6-14/h1-8,11H,9-10,12-13H2,(H,20,23)(H,21,22). The van der Waals surface area contributed by atoms with Gasteiger partial charge in [0, 0.05) is 11.6 Å². The van der Waals surface area contributed by atoms with Gasteiger partial charge in [0.25, 0.3) is 0 Å². The van der Waals surface area contributed by atoms with Crippen molar-refractivity contribution in [3.8, 4) is 0 Å². The number of carbonyl (C=O) groups excluding carboxylic acids is 2. The summed E-state index contributed by atoms with van der Waals surface area (Å²) in [4.78, 5) is 23.4. The maximum atomic E-state index is 11.7. The van der Waals surface area contributed by atoms with Gasteiger partial charge in [0.05, 0.1) is 13.0 Å². The Bertz CT molecular complexity index is 659. The lowest BCUT2D eigenvalue weighted by atomic mass is 10.1. The van der Waals surface area contributed by atoms with Crippen molar-refractivity contribution in [1.82, 2.24) is 10.6 Å². The highest BCUT2D eigenvalue weighted by Gasteiger charge is 2.06. The summed E-state index contributed by atoms with van der Waals surface area (Å²) >= 11 is 5.90. The van der Waals surface area contributed by atoms with Crippen molar-refractivity contribution in [3.63, 3.8) is 0 Å². The molecule has 2 amide bonds. The number of halogens is 1. The minimum atomic E-state index is -0.201. The van der Waals surface area contributed by atoms with Crippen LogP contribution in [-0.2, 0) is 22.4 Å². The van der Waals surface area contributed by atoms with Gasteiger partial charge >= 0.3 is 0 Å². The van der Waals surface area contributed by atoms with Crippen LogP contribution in [0.2, 0.25) is 5.02 Å². The predicted octanol–water partition coefficient (Wildman–Crippen LogP) is 2.36. The fourth-order valence-corrected chi connectivity index (χ4v) is 2.34. The van der Waals surface area contributed by atoms with E-state index in [0.29, 0.717) is 18.0 Å². The first kappa shape index (κ1) is 17.0. The molecule has 0 spiro atoms. The van der Waals surface area contributed by atoms with Gasteiger partial charge in [-0.1, -0.05) is 54.1 Å². The van der Waals surface area contributed by atoms with Crippen molar-refractivity contribution in [2.24, 2.45) is 0 Å². The molecule has 2 N–H and O–H groups in total. The van der Waals surface area contributed by atoms with E-state index in [4.69, 9.17) is 11.6 Å². The first-order valence-electron chi connectivity index (χ1n) is 7.45. The van der Waals surface area contributed by atoms with Crippen LogP contribution in [0.25, 0.3) is 0 Å². The molecule has 0 saturated heterocycles. The van der Waals surface area contributed by atoms with E-state index >= 15 is 0 Å². The van der Waals surface area contributed by atoms with Crippen LogP contribution in [0.3, 0.4) is 0 Å². The van der Waals surface area contributed by atoms with E-state index in [1.54, 1.807) is 0 Å². The Labute approximate surface area is 140 Å². The van der Waals surface area contributed by atoms with Crippen molar-refractivity contribution in [2.75, 3.05) is 13.1 Å². The lowest BCUT2D eigenvalue weighted by Gasteiger charge is -2.07. The molecule has 2 aromatic rings. The number of amides is 2. The number of nitrogens with one attached hydrogen (secondary N) is 2. The summed E-state index contributed by atoms with van der Waals surface area (Å²) in [6, 6.07) is 16.9. The largest absolute Gasteiger partial charge is 0.354 e. The molecule has 0 aliphatic heterocycles. The van der Waals surface area contributed by atoms with Gasteiger partial charge in [0.1, 0.15) is 0 Å². The fourth-order valence-electron chi connectivity index (χ4n) is 2.12. The van der Waals surface area contributed by atoms with Crippen LogP contribution < -0.4 is 10.6 Å². The zero-order valence-electron chi connectivity index (χ0n) is 12.7. The normalized spacial score (nSPS) is 10.1. The van der Waals surface area contributed by atoms with Crippen LogP contribution in [0.1, 0.15) is 11.1 Å². The third kappa shape index (κ3) is 6.53. The van der Waals surface area contributed by atoms with Crippen LogP contribution in [0.4, 0.5) is 0 Å². The van der Waals surface area contributed by atoms with Gasteiger partial charge in [-0.3, -0.25) is 9.59 Å². The van der Waals surface area contributed by atoms with Crippen LogP contribution in [0, 0.1) is 0 Å². The third-order valence-electron chi connectivity index (χ3n) is 3.28. The summed E-state index contributed by atoms with van der Waals surface area (Å²) in [5.74, 6) is -0.366. The number of hydrogen-bond acceptors (Lipinski definition) is 2. The van der Waals surface area contributed by atoms with Crippen LogP contribution in [0.5, 0.6) is 0 Å². The van der Waals surface area contributed by atoms with Crippen molar-refractivity contribution >= 4 is 23.4 Å². The van der Waals surface area contributed by atoms with Gasteiger partial charge < -0.3 is 10.6 Å². The van der Waals surface area contributed by atoms with E-state index in [2.05, 4.69) is 10.6 Å². The molecule has 23 heavy (non-hydrogen) atoms. The average molecular weight is 331 g/mol. The molecule has 4 nitrogen and oxygen atoms in total. The molecule has 2 rings (SSSR count). The zero-order chi connectivity index (χ0) is 16.5. The first-order chi connectivity index (χ1) is 11.1.